The maximum atomic E-state index is 11.7. The number of nitrogens with one attached hydrogen (secondary N) is 1. The molecule has 6 heteroatoms. The van der Waals surface area contributed by atoms with Crippen LogP contribution in [0.15, 0.2) is 54.6 Å². The van der Waals surface area contributed by atoms with Crippen LogP contribution in [-0.4, -0.2) is 27.6 Å². The normalized spacial score (nSPS) is 11.5. The molecule has 0 radical (unpaired) electrons. The molecule has 2 aromatic carbocycles. The highest BCUT2D eigenvalue weighted by Crippen LogP contribution is 2.25. The van der Waals surface area contributed by atoms with Gasteiger partial charge in [-0.2, -0.15) is 5.26 Å². The van der Waals surface area contributed by atoms with Crippen LogP contribution in [0.1, 0.15) is 33.1 Å². The van der Waals surface area contributed by atoms with Gasteiger partial charge < -0.3 is 14.3 Å². The van der Waals surface area contributed by atoms with Gasteiger partial charge in [0.15, 0.2) is 0 Å². The van der Waals surface area contributed by atoms with Crippen molar-refractivity contribution in [2.75, 3.05) is 7.11 Å². The Balaban J connectivity index is 1.73. The fourth-order valence-electron chi connectivity index (χ4n) is 3.58. The van der Waals surface area contributed by atoms with Crippen LogP contribution in [0.3, 0.4) is 0 Å². The van der Waals surface area contributed by atoms with Crippen molar-refractivity contribution in [3.05, 3.63) is 82.9 Å². The van der Waals surface area contributed by atoms with Crippen LogP contribution >= 0.6 is 0 Å². The molecule has 6 nitrogen and oxygen atoms in total. The van der Waals surface area contributed by atoms with Gasteiger partial charge in [-0.05, 0) is 68.0 Å². The summed E-state index contributed by atoms with van der Waals surface area (Å²) < 4.78 is 6.84. The van der Waals surface area contributed by atoms with Crippen LogP contribution in [0.25, 0.3) is 28.4 Å². The topological polar surface area (TPSA) is 83.7 Å². The number of nitrogens with zero attached hydrogens (tertiary/aromatic N) is 3. The number of hydrogen-bond donors (Lipinski definition) is 1. The Hall–Kier alpha value is -4.11. The van der Waals surface area contributed by atoms with E-state index in [9.17, 15) is 10.1 Å². The second-order valence-electron chi connectivity index (χ2n) is 6.97. The summed E-state index contributed by atoms with van der Waals surface area (Å²) >= 11 is 0. The monoisotopic (exact) mass is 396 g/mol. The molecule has 0 atom stereocenters. The van der Waals surface area contributed by atoms with E-state index in [0.29, 0.717) is 17.0 Å². The number of imidazole rings is 1. The van der Waals surface area contributed by atoms with Crippen LogP contribution in [0, 0.1) is 25.2 Å². The summed E-state index contributed by atoms with van der Waals surface area (Å²) in [5, 5.41) is 9.73. The molecule has 0 aliphatic rings. The highest BCUT2D eigenvalue weighted by atomic mass is 16.5. The number of carbonyl (C=O) groups excluding carboxylic acids is 1. The number of methoxy groups -OCH3 is 1. The van der Waals surface area contributed by atoms with Crippen molar-refractivity contribution >= 4 is 28.7 Å². The molecule has 0 saturated carbocycles. The zero-order valence-corrected chi connectivity index (χ0v) is 16.9. The number of carbonyl (C=O) groups is 1. The second kappa shape index (κ2) is 7.72. The number of esters is 1. The molecule has 0 saturated heterocycles. The van der Waals surface area contributed by atoms with E-state index in [1.54, 1.807) is 12.1 Å². The number of aromatic nitrogens is 3. The summed E-state index contributed by atoms with van der Waals surface area (Å²) in [5.74, 6) is 0.182. The number of aromatic amines is 1. The number of para-hydroxylation sites is 2. The highest BCUT2D eigenvalue weighted by Gasteiger charge is 2.13. The number of aryl methyl sites for hydroxylation is 1. The molecular formula is C24H20N4O2. The Labute approximate surface area is 174 Å². The van der Waals surface area contributed by atoms with Gasteiger partial charge >= 0.3 is 5.97 Å². The summed E-state index contributed by atoms with van der Waals surface area (Å²) in [6, 6.07) is 19.2. The number of hydrogen-bond acceptors (Lipinski definition) is 4. The van der Waals surface area contributed by atoms with Crippen LogP contribution < -0.4 is 0 Å². The van der Waals surface area contributed by atoms with E-state index < -0.39 is 0 Å². The molecular weight excluding hydrogens is 376 g/mol. The number of nitriles is 1. The first-order valence-corrected chi connectivity index (χ1v) is 9.46. The minimum atomic E-state index is -0.365. The van der Waals surface area contributed by atoms with Gasteiger partial charge in [0.25, 0.3) is 0 Å². The fourth-order valence-corrected chi connectivity index (χ4v) is 3.58. The Morgan fingerprint density at radius 3 is 2.57 bits per heavy atom. The van der Waals surface area contributed by atoms with Gasteiger partial charge in [0, 0.05) is 17.1 Å². The largest absolute Gasteiger partial charge is 0.465 e. The summed E-state index contributed by atoms with van der Waals surface area (Å²) in [7, 11) is 1.36. The van der Waals surface area contributed by atoms with E-state index in [-0.39, 0.29) is 5.97 Å². The number of allylic oxidation sites excluding steroid dienone is 1. The predicted octanol–water partition coefficient (Wildman–Crippen LogP) is 4.82. The third-order valence-electron chi connectivity index (χ3n) is 5.08. The molecule has 2 aromatic heterocycles. The Bertz CT molecular complexity index is 1280. The van der Waals surface area contributed by atoms with E-state index in [1.165, 1.54) is 7.11 Å². The molecule has 0 bridgehead atoms. The molecule has 0 amide bonds. The third-order valence-corrected chi connectivity index (χ3v) is 5.08. The lowest BCUT2D eigenvalue weighted by Gasteiger charge is -2.10. The molecule has 4 rings (SSSR count). The zero-order chi connectivity index (χ0) is 21.3. The van der Waals surface area contributed by atoms with Gasteiger partial charge in [-0.25, -0.2) is 9.78 Å². The summed E-state index contributed by atoms with van der Waals surface area (Å²) in [6.45, 7) is 4.01. The summed E-state index contributed by atoms with van der Waals surface area (Å²) in [6.07, 6.45) is 1.85. The molecule has 0 fully saturated rings. The fraction of sp³-hybridized carbons (Fsp3) is 0.125. The first-order valence-electron chi connectivity index (χ1n) is 9.46. The maximum Gasteiger partial charge on any atom is 0.337 e. The van der Waals surface area contributed by atoms with Crippen LogP contribution in [0.4, 0.5) is 0 Å². The second-order valence-corrected chi connectivity index (χ2v) is 6.97. The molecule has 4 aromatic rings. The lowest BCUT2D eigenvalue weighted by Crippen LogP contribution is -2.03. The maximum absolute atomic E-state index is 11.7. The smallest absolute Gasteiger partial charge is 0.337 e. The van der Waals surface area contributed by atoms with Crippen molar-refractivity contribution in [3.63, 3.8) is 0 Å². The Kier molecular flexibility index (Phi) is 4.95. The number of benzene rings is 2. The number of fused-ring (bicyclic) bond motifs is 1. The van der Waals surface area contributed by atoms with Crippen molar-refractivity contribution in [3.8, 4) is 11.8 Å². The Morgan fingerprint density at radius 1 is 1.17 bits per heavy atom. The van der Waals surface area contributed by atoms with Crippen LogP contribution in [-0.2, 0) is 4.74 Å². The van der Waals surface area contributed by atoms with Crippen molar-refractivity contribution in [2.24, 2.45) is 0 Å². The average molecular weight is 396 g/mol. The highest BCUT2D eigenvalue weighted by molar-refractivity contribution is 5.91. The minimum absolute atomic E-state index is 0.365. The van der Waals surface area contributed by atoms with Gasteiger partial charge in [-0.1, -0.05) is 12.1 Å². The van der Waals surface area contributed by atoms with Gasteiger partial charge in [0.2, 0.25) is 0 Å². The van der Waals surface area contributed by atoms with Crippen molar-refractivity contribution in [1.29, 1.82) is 5.26 Å². The van der Waals surface area contributed by atoms with Crippen molar-refractivity contribution in [2.45, 2.75) is 13.8 Å². The average Bonchev–Trinajstić information content (AvgIpc) is 3.31. The van der Waals surface area contributed by atoms with Crippen LogP contribution in [0.5, 0.6) is 0 Å². The molecule has 1 N–H and O–H groups in total. The minimum Gasteiger partial charge on any atom is -0.465 e. The predicted molar refractivity (Wildman–Crippen MR) is 116 cm³/mol. The van der Waals surface area contributed by atoms with E-state index in [2.05, 4.69) is 20.6 Å². The zero-order valence-electron chi connectivity index (χ0n) is 16.9. The van der Waals surface area contributed by atoms with E-state index >= 15 is 0 Å². The first kappa shape index (κ1) is 19.2. The van der Waals surface area contributed by atoms with Crippen molar-refractivity contribution in [1.82, 2.24) is 14.5 Å². The molecule has 0 aliphatic heterocycles. The van der Waals surface area contributed by atoms with Crippen molar-refractivity contribution < 1.29 is 9.53 Å². The summed E-state index contributed by atoms with van der Waals surface area (Å²) in [4.78, 5) is 19.4. The standard InChI is InChI=1S/C24H20N4O2/c1-15-12-18(13-19(14-25)23-26-21-6-4-5-7-22(21)27-23)16(2)28(15)20-10-8-17(9-11-20)24(29)30-3/h4-13H,1-3H3,(H,26,27)/b19-13+. The molecule has 0 aliphatic carbocycles. The van der Waals surface area contributed by atoms with E-state index in [0.717, 1.165) is 33.7 Å². The lowest BCUT2D eigenvalue weighted by atomic mass is 10.1. The third kappa shape index (κ3) is 3.38. The molecule has 0 unspecified atom stereocenters. The van der Waals surface area contributed by atoms with Gasteiger partial charge in [0.1, 0.15) is 11.9 Å². The number of rotatable bonds is 4. The number of ether oxygens (including phenoxy) is 1. The van der Waals surface area contributed by atoms with Gasteiger partial charge in [0.05, 0.1) is 29.3 Å². The molecule has 2 heterocycles. The van der Waals surface area contributed by atoms with Gasteiger partial charge in [-0.15, -0.1) is 0 Å². The molecule has 30 heavy (non-hydrogen) atoms. The SMILES string of the molecule is COC(=O)c1ccc(-n2c(C)cc(/C=C(\C#N)c3nc4ccccc4[nH]3)c2C)cc1. The van der Waals surface area contributed by atoms with Crippen LogP contribution in [0.2, 0.25) is 0 Å². The first-order chi connectivity index (χ1) is 14.5. The van der Waals surface area contributed by atoms with E-state index in [1.807, 2.05) is 62.4 Å². The van der Waals surface area contributed by atoms with E-state index in [4.69, 9.17) is 4.74 Å². The molecule has 0 spiro atoms. The summed E-state index contributed by atoms with van der Waals surface area (Å²) in [5.41, 5.74) is 6.55. The number of H-pyrrole nitrogens is 1. The van der Waals surface area contributed by atoms with Gasteiger partial charge in [-0.3, -0.25) is 0 Å². The lowest BCUT2D eigenvalue weighted by molar-refractivity contribution is 0.0600. The Morgan fingerprint density at radius 2 is 1.90 bits per heavy atom. The quantitative estimate of drug-likeness (QED) is 0.396. The molecule has 148 valence electrons.